The van der Waals surface area contributed by atoms with E-state index in [1.54, 1.807) is 17.8 Å². The largest absolute Gasteiger partial charge is 0.381 e. The van der Waals surface area contributed by atoms with Gasteiger partial charge in [0.15, 0.2) is 5.65 Å². The van der Waals surface area contributed by atoms with Crippen LogP contribution in [0.15, 0.2) is 12.4 Å². The Morgan fingerprint density at radius 3 is 2.62 bits per heavy atom. The highest BCUT2D eigenvalue weighted by atomic mass is 16.2. The highest BCUT2D eigenvalue weighted by Crippen LogP contribution is 2.28. The molecule has 2 aromatic rings. The van der Waals surface area contributed by atoms with Crippen LogP contribution < -0.4 is 11.1 Å². The molecule has 2 aromatic heterocycles. The summed E-state index contributed by atoms with van der Waals surface area (Å²) in [6.07, 6.45) is 4.86. The van der Waals surface area contributed by atoms with Crippen molar-refractivity contribution in [3.8, 4) is 0 Å². The van der Waals surface area contributed by atoms with Crippen molar-refractivity contribution in [1.82, 2.24) is 19.7 Å². The average Bonchev–Trinajstić information content (AvgIpc) is 2.99. The standard InChI is InChI=1S/C16H22N6O2/c1-3-22-16-13(9-19-22)14(12(8-18-16)15(17)24)20-11-4-6-21(7-5-11)10(2)23/h8-9,11H,3-7H2,1-2H3,(H2,17,24)(H,18,20). The van der Waals surface area contributed by atoms with Gasteiger partial charge in [-0.2, -0.15) is 5.10 Å². The van der Waals surface area contributed by atoms with Crippen LogP contribution in [0.4, 0.5) is 5.69 Å². The lowest BCUT2D eigenvalue weighted by atomic mass is 10.0. The van der Waals surface area contributed by atoms with E-state index < -0.39 is 5.91 Å². The maximum atomic E-state index is 11.8. The first-order chi connectivity index (χ1) is 11.5. The number of pyridine rings is 1. The topological polar surface area (TPSA) is 106 Å². The Hall–Kier alpha value is -2.64. The lowest BCUT2D eigenvalue weighted by Gasteiger charge is -2.32. The lowest BCUT2D eigenvalue weighted by molar-refractivity contribution is -0.129. The number of nitrogens with zero attached hydrogens (tertiary/aromatic N) is 4. The van der Waals surface area contributed by atoms with Gasteiger partial charge in [-0.3, -0.25) is 9.59 Å². The van der Waals surface area contributed by atoms with Crippen LogP contribution in [-0.2, 0) is 11.3 Å². The zero-order chi connectivity index (χ0) is 17.3. The molecule has 3 N–H and O–H groups in total. The Kier molecular flexibility index (Phi) is 4.37. The third kappa shape index (κ3) is 2.91. The van der Waals surface area contributed by atoms with Crippen molar-refractivity contribution in [2.45, 2.75) is 39.3 Å². The van der Waals surface area contributed by atoms with Crippen molar-refractivity contribution < 1.29 is 9.59 Å². The number of aryl methyl sites for hydroxylation is 1. The van der Waals surface area contributed by atoms with Crippen molar-refractivity contribution in [2.75, 3.05) is 18.4 Å². The highest BCUT2D eigenvalue weighted by molar-refractivity contribution is 6.05. The number of hydrogen-bond acceptors (Lipinski definition) is 5. The Morgan fingerprint density at radius 1 is 1.33 bits per heavy atom. The smallest absolute Gasteiger partial charge is 0.252 e. The molecule has 1 aliphatic heterocycles. The first-order valence-electron chi connectivity index (χ1n) is 8.17. The van der Waals surface area contributed by atoms with Gasteiger partial charge in [0.2, 0.25) is 5.91 Å². The van der Waals surface area contributed by atoms with E-state index in [1.807, 2.05) is 11.8 Å². The first-order valence-corrected chi connectivity index (χ1v) is 8.17. The van der Waals surface area contributed by atoms with Crippen LogP contribution in [0.1, 0.15) is 37.0 Å². The molecular weight excluding hydrogens is 308 g/mol. The molecule has 24 heavy (non-hydrogen) atoms. The molecule has 8 heteroatoms. The fourth-order valence-electron chi connectivity index (χ4n) is 3.14. The number of carbonyl (C=O) groups excluding carboxylic acids is 2. The number of rotatable bonds is 4. The summed E-state index contributed by atoms with van der Waals surface area (Å²) >= 11 is 0. The van der Waals surface area contributed by atoms with E-state index >= 15 is 0 Å². The van der Waals surface area contributed by atoms with Crippen LogP contribution in [0, 0.1) is 0 Å². The van der Waals surface area contributed by atoms with Crippen molar-refractivity contribution in [3.05, 3.63) is 18.0 Å². The highest BCUT2D eigenvalue weighted by Gasteiger charge is 2.23. The molecule has 3 rings (SSSR count). The zero-order valence-corrected chi connectivity index (χ0v) is 14.0. The normalized spacial score (nSPS) is 15.7. The van der Waals surface area contributed by atoms with Gasteiger partial charge in [-0.25, -0.2) is 9.67 Å². The molecule has 0 aromatic carbocycles. The SMILES string of the molecule is CCn1ncc2c(NC3CCN(C(C)=O)CC3)c(C(N)=O)cnc21. The van der Waals surface area contributed by atoms with Crippen molar-refractivity contribution in [2.24, 2.45) is 5.73 Å². The van der Waals surface area contributed by atoms with Crippen LogP contribution in [0.2, 0.25) is 0 Å². The van der Waals surface area contributed by atoms with E-state index in [2.05, 4.69) is 15.4 Å². The van der Waals surface area contributed by atoms with Gasteiger partial charge < -0.3 is 16.0 Å². The van der Waals surface area contributed by atoms with Gasteiger partial charge in [-0.05, 0) is 19.8 Å². The summed E-state index contributed by atoms with van der Waals surface area (Å²) in [7, 11) is 0. The summed E-state index contributed by atoms with van der Waals surface area (Å²) in [4.78, 5) is 29.4. The summed E-state index contributed by atoms with van der Waals surface area (Å²) in [6.45, 7) is 5.69. The predicted molar refractivity (Wildman–Crippen MR) is 90.6 cm³/mol. The quantitative estimate of drug-likeness (QED) is 0.869. The number of aromatic nitrogens is 3. The number of likely N-dealkylation sites (tertiary alicyclic amines) is 1. The third-order valence-electron chi connectivity index (χ3n) is 4.52. The number of carbonyl (C=O) groups is 2. The second kappa shape index (κ2) is 6.46. The molecule has 0 saturated carbocycles. The number of nitrogens with two attached hydrogens (primary N) is 1. The number of piperidine rings is 1. The molecule has 0 bridgehead atoms. The fraction of sp³-hybridized carbons (Fsp3) is 0.500. The molecule has 1 aliphatic rings. The van der Waals surface area contributed by atoms with E-state index in [4.69, 9.17) is 5.73 Å². The zero-order valence-electron chi connectivity index (χ0n) is 14.0. The predicted octanol–water partition coefficient (Wildman–Crippen LogP) is 0.973. The van der Waals surface area contributed by atoms with Crippen molar-refractivity contribution >= 4 is 28.5 Å². The molecule has 0 aliphatic carbocycles. The van der Waals surface area contributed by atoms with E-state index in [1.165, 1.54) is 6.20 Å². The maximum absolute atomic E-state index is 11.8. The van der Waals surface area contributed by atoms with Gasteiger partial charge in [-0.1, -0.05) is 0 Å². The molecule has 0 radical (unpaired) electrons. The van der Waals surface area contributed by atoms with Gasteiger partial charge in [0, 0.05) is 38.8 Å². The molecule has 0 atom stereocenters. The van der Waals surface area contributed by atoms with Gasteiger partial charge in [0.1, 0.15) is 0 Å². The van der Waals surface area contributed by atoms with Crippen LogP contribution in [0.25, 0.3) is 11.0 Å². The minimum atomic E-state index is -0.516. The summed E-state index contributed by atoms with van der Waals surface area (Å²) in [5.74, 6) is -0.417. The van der Waals surface area contributed by atoms with Crippen LogP contribution >= 0.6 is 0 Å². The number of anilines is 1. The Balaban J connectivity index is 1.90. The van der Waals surface area contributed by atoms with E-state index in [9.17, 15) is 9.59 Å². The summed E-state index contributed by atoms with van der Waals surface area (Å²) in [5, 5.41) is 8.54. The van der Waals surface area contributed by atoms with Crippen LogP contribution in [0.3, 0.4) is 0 Å². The summed E-state index contributed by atoms with van der Waals surface area (Å²) in [6, 6.07) is 0.175. The Bertz CT molecular complexity index is 776. The van der Waals surface area contributed by atoms with Gasteiger partial charge in [-0.15, -0.1) is 0 Å². The second-order valence-corrected chi connectivity index (χ2v) is 6.03. The second-order valence-electron chi connectivity index (χ2n) is 6.03. The number of fused-ring (bicyclic) bond motifs is 1. The molecule has 0 spiro atoms. The number of amides is 2. The van der Waals surface area contributed by atoms with Gasteiger partial charge in [0.25, 0.3) is 5.91 Å². The molecule has 0 unspecified atom stereocenters. The molecule has 128 valence electrons. The van der Waals surface area contributed by atoms with E-state index in [-0.39, 0.29) is 11.9 Å². The maximum Gasteiger partial charge on any atom is 0.252 e. The number of hydrogen-bond donors (Lipinski definition) is 2. The average molecular weight is 330 g/mol. The summed E-state index contributed by atoms with van der Waals surface area (Å²) in [5.41, 5.74) is 7.30. The molecule has 1 saturated heterocycles. The molecule has 1 fully saturated rings. The van der Waals surface area contributed by atoms with Crippen molar-refractivity contribution in [3.63, 3.8) is 0 Å². The summed E-state index contributed by atoms with van der Waals surface area (Å²) < 4.78 is 1.78. The molecule has 8 nitrogen and oxygen atoms in total. The van der Waals surface area contributed by atoms with Gasteiger partial charge in [0.05, 0.1) is 22.8 Å². The van der Waals surface area contributed by atoms with E-state index in [0.717, 1.165) is 23.9 Å². The number of primary amides is 1. The fourth-order valence-corrected chi connectivity index (χ4v) is 3.14. The molecule has 2 amide bonds. The minimum Gasteiger partial charge on any atom is -0.381 e. The Labute approximate surface area is 140 Å². The first kappa shape index (κ1) is 16.2. The van der Waals surface area contributed by atoms with Crippen LogP contribution in [-0.4, -0.2) is 50.6 Å². The van der Waals surface area contributed by atoms with Gasteiger partial charge >= 0.3 is 0 Å². The van der Waals surface area contributed by atoms with Crippen LogP contribution in [0.5, 0.6) is 0 Å². The van der Waals surface area contributed by atoms with E-state index in [0.29, 0.717) is 30.9 Å². The van der Waals surface area contributed by atoms with Crippen molar-refractivity contribution in [1.29, 1.82) is 0 Å². The number of nitrogens with one attached hydrogen (secondary N) is 1. The Morgan fingerprint density at radius 2 is 2.04 bits per heavy atom. The molecule has 3 heterocycles. The minimum absolute atomic E-state index is 0.0989. The third-order valence-corrected chi connectivity index (χ3v) is 4.52. The lowest BCUT2D eigenvalue weighted by Crippen LogP contribution is -2.41. The monoisotopic (exact) mass is 330 g/mol. The molecular formula is C16H22N6O2.